The Bertz CT molecular complexity index is 535. The van der Waals surface area contributed by atoms with Crippen LogP contribution in [0.4, 0.5) is 5.82 Å². The molecule has 4 nitrogen and oxygen atoms in total. The van der Waals surface area contributed by atoms with E-state index in [-0.39, 0.29) is 24.8 Å². The maximum Gasteiger partial charge on any atom is 0.153 e. The summed E-state index contributed by atoms with van der Waals surface area (Å²) in [6.45, 7) is 4.46. The average Bonchev–Trinajstić information content (AvgIpc) is 2.75. The molecule has 0 bridgehead atoms. The number of rotatable bonds is 3. The van der Waals surface area contributed by atoms with E-state index in [1.165, 1.54) is 32.4 Å². The number of fused-ring (bicyclic) bond motifs is 1. The van der Waals surface area contributed by atoms with Crippen LogP contribution in [0.5, 0.6) is 0 Å². The minimum atomic E-state index is 0. The van der Waals surface area contributed by atoms with Crippen molar-refractivity contribution in [3.63, 3.8) is 0 Å². The number of halogens is 2. The molecular weight excluding hydrogens is 295 g/mol. The first kappa shape index (κ1) is 17.1. The maximum atomic E-state index is 5.94. The first-order chi connectivity index (χ1) is 8.84. The van der Waals surface area contributed by atoms with Crippen LogP contribution in [0.15, 0.2) is 24.3 Å². The molecule has 1 saturated heterocycles. The third kappa shape index (κ3) is 3.57. The van der Waals surface area contributed by atoms with Crippen LogP contribution >= 0.6 is 24.8 Å². The van der Waals surface area contributed by atoms with Gasteiger partial charge in [-0.05, 0) is 38.1 Å². The van der Waals surface area contributed by atoms with Crippen LogP contribution in [-0.2, 0) is 6.54 Å². The quantitative estimate of drug-likeness (QED) is 0.947. The van der Waals surface area contributed by atoms with Crippen molar-refractivity contribution >= 4 is 41.5 Å². The summed E-state index contributed by atoms with van der Waals surface area (Å²) >= 11 is 0. The van der Waals surface area contributed by atoms with Gasteiger partial charge in [0, 0.05) is 11.9 Å². The van der Waals surface area contributed by atoms with Gasteiger partial charge in [-0.3, -0.25) is 4.68 Å². The summed E-state index contributed by atoms with van der Waals surface area (Å²) in [6, 6.07) is 8.18. The largest absolute Gasteiger partial charge is 0.382 e. The van der Waals surface area contributed by atoms with Crippen molar-refractivity contribution in [3.05, 3.63) is 24.3 Å². The Balaban J connectivity index is 0.000001000. The number of nitrogens with two attached hydrogens (primary N) is 1. The third-order valence-corrected chi connectivity index (χ3v) is 3.76. The number of hydrogen-bond donors (Lipinski definition) is 1. The van der Waals surface area contributed by atoms with Crippen molar-refractivity contribution in [2.45, 2.75) is 25.8 Å². The van der Waals surface area contributed by atoms with Gasteiger partial charge >= 0.3 is 0 Å². The second kappa shape index (κ2) is 7.72. The van der Waals surface area contributed by atoms with Crippen molar-refractivity contribution < 1.29 is 0 Å². The Labute approximate surface area is 132 Å². The van der Waals surface area contributed by atoms with Gasteiger partial charge in [0.15, 0.2) is 5.82 Å². The third-order valence-electron chi connectivity index (χ3n) is 3.76. The average molecular weight is 317 g/mol. The predicted octanol–water partition coefficient (Wildman–Crippen LogP) is 2.95. The van der Waals surface area contributed by atoms with Gasteiger partial charge in [-0.15, -0.1) is 24.8 Å². The van der Waals surface area contributed by atoms with Crippen LogP contribution in [-0.4, -0.2) is 34.3 Å². The van der Waals surface area contributed by atoms with E-state index in [2.05, 4.69) is 16.1 Å². The van der Waals surface area contributed by atoms with Crippen molar-refractivity contribution in [2.24, 2.45) is 0 Å². The number of piperidine rings is 1. The number of hydrogen-bond acceptors (Lipinski definition) is 3. The normalized spacial score (nSPS) is 15.6. The van der Waals surface area contributed by atoms with E-state index in [4.69, 9.17) is 5.73 Å². The molecular formula is C14H22Cl2N4. The monoisotopic (exact) mass is 316 g/mol. The number of likely N-dealkylation sites (tertiary alicyclic amines) is 1. The lowest BCUT2D eigenvalue weighted by Crippen LogP contribution is -2.32. The van der Waals surface area contributed by atoms with Crippen molar-refractivity contribution in [3.8, 4) is 0 Å². The number of para-hydroxylation sites is 1. The summed E-state index contributed by atoms with van der Waals surface area (Å²) in [5.41, 5.74) is 7.09. The smallest absolute Gasteiger partial charge is 0.153 e. The topological polar surface area (TPSA) is 47.1 Å². The van der Waals surface area contributed by atoms with E-state index in [9.17, 15) is 0 Å². The molecule has 20 heavy (non-hydrogen) atoms. The molecule has 0 saturated carbocycles. The lowest BCUT2D eigenvalue weighted by Gasteiger charge is -2.26. The second-order valence-electron chi connectivity index (χ2n) is 5.03. The second-order valence-corrected chi connectivity index (χ2v) is 5.03. The molecule has 1 aliphatic rings. The number of benzene rings is 1. The molecule has 112 valence electrons. The molecule has 0 atom stereocenters. The Kier molecular flexibility index (Phi) is 6.59. The molecule has 3 rings (SSSR count). The first-order valence-corrected chi connectivity index (χ1v) is 6.78. The van der Waals surface area contributed by atoms with Crippen LogP contribution in [0.2, 0.25) is 0 Å². The zero-order valence-corrected chi connectivity index (χ0v) is 13.1. The van der Waals surface area contributed by atoms with Crippen LogP contribution in [0.1, 0.15) is 19.3 Å². The molecule has 0 amide bonds. The Morgan fingerprint density at radius 1 is 1.00 bits per heavy atom. The lowest BCUT2D eigenvalue weighted by molar-refractivity contribution is 0.219. The molecule has 2 heterocycles. The van der Waals surface area contributed by atoms with Crippen LogP contribution in [0, 0.1) is 0 Å². The molecule has 0 radical (unpaired) electrons. The van der Waals surface area contributed by atoms with Gasteiger partial charge in [-0.25, -0.2) is 0 Å². The van der Waals surface area contributed by atoms with Gasteiger partial charge in [0.05, 0.1) is 12.1 Å². The molecule has 1 aromatic heterocycles. The Morgan fingerprint density at radius 2 is 1.70 bits per heavy atom. The summed E-state index contributed by atoms with van der Waals surface area (Å²) in [6.07, 6.45) is 4.05. The zero-order chi connectivity index (χ0) is 12.4. The fourth-order valence-electron chi connectivity index (χ4n) is 2.74. The summed E-state index contributed by atoms with van der Waals surface area (Å²) in [5.74, 6) is 0.643. The van der Waals surface area contributed by atoms with Crippen LogP contribution in [0.3, 0.4) is 0 Å². The highest BCUT2D eigenvalue weighted by atomic mass is 35.5. The zero-order valence-electron chi connectivity index (χ0n) is 11.5. The highest BCUT2D eigenvalue weighted by Crippen LogP contribution is 2.20. The van der Waals surface area contributed by atoms with Gasteiger partial charge in [-0.2, -0.15) is 5.10 Å². The number of anilines is 1. The molecule has 2 aromatic rings. The maximum absolute atomic E-state index is 5.94. The fourth-order valence-corrected chi connectivity index (χ4v) is 2.74. The molecule has 6 heteroatoms. The molecule has 1 aliphatic heterocycles. The van der Waals surface area contributed by atoms with E-state index in [0.29, 0.717) is 5.82 Å². The number of nitrogen functional groups attached to an aromatic ring is 1. The molecule has 1 aromatic carbocycles. The van der Waals surface area contributed by atoms with Gasteiger partial charge < -0.3 is 10.6 Å². The van der Waals surface area contributed by atoms with Crippen LogP contribution in [0.25, 0.3) is 10.9 Å². The van der Waals surface area contributed by atoms with E-state index < -0.39 is 0 Å². The van der Waals surface area contributed by atoms with E-state index in [1.54, 1.807) is 0 Å². The van der Waals surface area contributed by atoms with Crippen LogP contribution < -0.4 is 5.73 Å². The summed E-state index contributed by atoms with van der Waals surface area (Å²) in [4.78, 5) is 2.52. The van der Waals surface area contributed by atoms with Crippen molar-refractivity contribution in [2.75, 3.05) is 25.4 Å². The van der Waals surface area contributed by atoms with E-state index in [0.717, 1.165) is 24.0 Å². The van der Waals surface area contributed by atoms with E-state index in [1.807, 2.05) is 22.9 Å². The Morgan fingerprint density at radius 3 is 2.45 bits per heavy atom. The molecule has 0 unspecified atom stereocenters. The number of aromatic nitrogens is 2. The fraction of sp³-hybridized carbons (Fsp3) is 0.500. The highest BCUT2D eigenvalue weighted by molar-refractivity contribution is 5.88. The van der Waals surface area contributed by atoms with Gasteiger partial charge in [-0.1, -0.05) is 18.6 Å². The standard InChI is InChI=1S/C14H20N4.2ClH/c15-14-12-6-2-3-7-13(12)18(16-14)11-10-17-8-4-1-5-9-17;;/h2-3,6-7H,1,4-5,8-11H2,(H2,15,16);2*1H. The molecule has 0 aliphatic carbocycles. The highest BCUT2D eigenvalue weighted by Gasteiger charge is 2.11. The van der Waals surface area contributed by atoms with Crippen molar-refractivity contribution in [1.29, 1.82) is 0 Å². The number of nitrogens with zero attached hydrogens (tertiary/aromatic N) is 3. The Hall–Kier alpha value is -0.970. The van der Waals surface area contributed by atoms with Crippen molar-refractivity contribution in [1.82, 2.24) is 14.7 Å². The summed E-state index contributed by atoms with van der Waals surface area (Å²) in [7, 11) is 0. The van der Waals surface area contributed by atoms with Gasteiger partial charge in [0.1, 0.15) is 0 Å². The molecule has 2 N–H and O–H groups in total. The SMILES string of the molecule is Cl.Cl.Nc1nn(CCN2CCCCC2)c2ccccc12. The minimum absolute atomic E-state index is 0. The van der Waals surface area contributed by atoms with E-state index >= 15 is 0 Å². The summed E-state index contributed by atoms with van der Waals surface area (Å²) < 4.78 is 2.04. The molecule has 0 spiro atoms. The lowest BCUT2D eigenvalue weighted by atomic mass is 10.1. The molecule has 1 fully saturated rings. The van der Waals surface area contributed by atoms with Gasteiger partial charge in [0.2, 0.25) is 0 Å². The van der Waals surface area contributed by atoms with Gasteiger partial charge in [0.25, 0.3) is 0 Å². The summed E-state index contributed by atoms with van der Waals surface area (Å²) in [5, 5.41) is 5.51. The minimum Gasteiger partial charge on any atom is -0.382 e. The predicted molar refractivity (Wildman–Crippen MR) is 88.9 cm³/mol. The first-order valence-electron chi connectivity index (χ1n) is 6.78.